The molecule has 0 radical (unpaired) electrons. The zero-order valence-corrected chi connectivity index (χ0v) is 12.4. The van der Waals surface area contributed by atoms with Gasteiger partial charge in [-0.2, -0.15) is 0 Å². The maximum absolute atomic E-state index is 5.64. The lowest BCUT2D eigenvalue weighted by atomic mass is 10.2. The van der Waals surface area contributed by atoms with Gasteiger partial charge in [0.1, 0.15) is 12.1 Å². The summed E-state index contributed by atoms with van der Waals surface area (Å²) in [7, 11) is 0. The van der Waals surface area contributed by atoms with Gasteiger partial charge in [0, 0.05) is 19.2 Å². The molecule has 0 fully saturated rings. The van der Waals surface area contributed by atoms with Crippen molar-refractivity contribution in [2.75, 3.05) is 24.6 Å². The lowest BCUT2D eigenvalue weighted by Crippen LogP contribution is -2.26. The molecule has 0 aliphatic carbocycles. The Morgan fingerprint density at radius 2 is 2.00 bits per heavy atom. The highest BCUT2D eigenvalue weighted by Crippen LogP contribution is 2.18. The van der Waals surface area contributed by atoms with Crippen LogP contribution in [0.15, 0.2) is 42.7 Å². The van der Waals surface area contributed by atoms with Crippen LogP contribution >= 0.6 is 0 Å². The van der Waals surface area contributed by atoms with Gasteiger partial charge >= 0.3 is 0 Å². The smallest absolute Gasteiger partial charge is 0.218 e. The van der Waals surface area contributed by atoms with Crippen molar-refractivity contribution >= 4 is 5.82 Å². The molecule has 21 heavy (non-hydrogen) atoms. The molecule has 1 aromatic carbocycles. The van der Waals surface area contributed by atoms with Crippen LogP contribution in [0.25, 0.3) is 0 Å². The molecule has 0 saturated carbocycles. The molecular formula is C16H22N4O. The summed E-state index contributed by atoms with van der Waals surface area (Å²) in [5, 5.41) is 0. The van der Waals surface area contributed by atoms with Gasteiger partial charge in [0.05, 0.1) is 6.61 Å². The summed E-state index contributed by atoms with van der Waals surface area (Å²) in [6, 6.07) is 12.2. The standard InChI is InChI=1S/C16H22N4O/c1-2-21-16-11-15(18-13-19-16)20(10-6-9-17)12-14-7-4-3-5-8-14/h3-5,7-8,11,13H,2,6,9-10,12,17H2,1H3. The Bertz CT molecular complexity index is 533. The third-order valence-electron chi connectivity index (χ3n) is 3.09. The number of hydrogen-bond acceptors (Lipinski definition) is 5. The van der Waals surface area contributed by atoms with E-state index in [1.165, 1.54) is 5.56 Å². The summed E-state index contributed by atoms with van der Waals surface area (Å²) in [5.74, 6) is 1.47. The Morgan fingerprint density at radius 1 is 1.19 bits per heavy atom. The topological polar surface area (TPSA) is 64.3 Å². The molecule has 2 aromatic rings. The summed E-state index contributed by atoms with van der Waals surface area (Å²) in [4.78, 5) is 10.7. The van der Waals surface area contributed by atoms with E-state index in [1.54, 1.807) is 6.33 Å². The Hall–Kier alpha value is -2.14. The molecule has 5 heteroatoms. The third kappa shape index (κ3) is 4.72. The lowest BCUT2D eigenvalue weighted by Gasteiger charge is -2.23. The normalized spacial score (nSPS) is 10.4. The molecule has 2 rings (SSSR count). The largest absolute Gasteiger partial charge is 0.478 e. The van der Waals surface area contributed by atoms with Gasteiger partial charge in [0.15, 0.2) is 0 Å². The highest BCUT2D eigenvalue weighted by Gasteiger charge is 2.10. The molecule has 0 bridgehead atoms. The molecule has 0 amide bonds. The van der Waals surface area contributed by atoms with E-state index in [4.69, 9.17) is 10.5 Å². The predicted octanol–water partition coefficient (Wildman–Crippen LogP) is 2.23. The molecule has 5 nitrogen and oxygen atoms in total. The van der Waals surface area contributed by atoms with Crippen LogP contribution in [0.1, 0.15) is 18.9 Å². The van der Waals surface area contributed by atoms with E-state index in [1.807, 2.05) is 31.2 Å². The number of rotatable bonds is 8. The van der Waals surface area contributed by atoms with Crippen molar-refractivity contribution in [1.29, 1.82) is 0 Å². The summed E-state index contributed by atoms with van der Waals surface area (Å²) in [6.07, 6.45) is 2.46. The number of nitrogens with two attached hydrogens (primary N) is 1. The van der Waals surface area contributed by atoms with E-state index in [9.17, 15) is 0 Å². The van der Waals surface area contributed by atoms with Gasteiger partial charge in [-0.3, -0.25) is 0 Å². The summed E-state index contributed by atoms with van der Waals surface area (Å²) < 4.78 is 5.45. The first-order valence-corrected chi connectivity index (χ1v) is 7.27. The minimum Gasteiger partial charge on any atom is -0.478 e. The van der Waals surface area contributed by atoms with Crippen molar-refractivity contribution in [3.63, 3.8) is 0 Å². The maximum atomic E-state index is 5.64. The molecule has 2 N–H and O–H groups in total. The number of anilines is 1. The van der Waals surface area contributed by atoms with Crippen LogP contribution in [0.5, 0.6) is 5.88 Å². The number of nitrogens with zero attached hydrogens (tertiary/aromatic N) is 3. The quantitative estimate of drug-likeness (QED) is 0.806. The van der Waals surface area contributed by atoms with Gasteiger partial charge in [0.2, 0.25) is 5.88 Å². The Balaban J connectivity index is 2.16. The molecule has 1 aromatic heterocycles. The second kappa shape index (κ2) is 8.21. The van der Waals surface area contributed by atoms with Crippen molar-refractivity contribution in [3.8, 4) is 5.88 Å². The minimum atomic E-state index is 0.595. The number of ether oxygens (including phenoxy) is 1. The Morgan fingerprint density at radius 3 is 2.71 bits per heavy atom. The van der Waals surface area contributed by atoms with Gasteiger partial charge < -0.3 is 15.4 Å². The summed E-state index contributed by atoms with van der Waals surface area (Å²) >= 11 is 0. The van der Waals surface area contributed by atoms with Gasteiger partial charge in [-0.15, -0.1) is 0 Å². The van der Waals surface area contributed by atoms with Crippen LogP contribution in [-0.4, -0.2) is 29.7 Å². The van der Waals surface area contributed by atoms with Gasteiger partial charge in [-0.25, -0.2) is 9.97 Å². The number of hydrogen-bond donors (Lipinski definition) is 1. The summed E-state index contributed by atoms with van der Waals surface area (Å²) in [5.41, 5.74) is 6.88. The van der Waals surface area contributed by atoms with E-state index >= 15 is 0 Å². The van der Waals surface area contributed by atoms with Crippen LogP contribution in [0.4, 0.5) is 5.82 Å². The maximum Gasteiger partial charge on any atom is 0.218 e. The Labute approximate surface area is 125 Å². The molecule has 112 valence electrons. The highest BCUT2D eigenvalue weighted by atomic mass is 16.5. The van der Waals surface area contributed by atoms with Crippen molar-refractivity contribution in [1.82, 2.24) is 9.97 Å². The van der Waals surface area contributed by atoms with Crippen molar-refractivity contribution in [2.45, 2.75) is 19.9 Å². The fraction of sp³-hybridized carbons (Fsp3) is 0.375. The molecule has 0 aliphatic heterocycles. The van der Waals surface area contributed by atoms with Crippen molar-refractivity contribution in [3.05, 3.63) is 48.3 Å². The van der Waals surface area contributed by atoms with Gasteiger partial charge in [-0.1, -0.05) is 30.3 Å². The first kappa shape index (κ1) is 15.3. The SMILES string of the molecule is CCOc1cc(N(CCCN)Cc2ccccc2)ncn1. The van der Waals surface area contributed by atoms with E-state index in [2.05, 4.69) is 27.0 Å². The molecular weight excluding hydrogens is 264 g/mol. The zero-order valence-electron chi connectivity index (χ0n) is 12.4. The van der Waals surface area contributed by atoms with Crippen LogP contribution in [0, 0.1) is 0 Å². The fourth-order valence-electron chi connectivity index (χ4n) is 2.09. The van der Waals surface area contributed by atoms with Gasteiger partial charge in [-0.05, 0) is 25.5 Å². The summed E-state index contributed by atoms with van der Waals surface area (Å²) in [6.45, 7) is 4.85. The van der Waals surface area contributed by atoms with Gasteiger partial charge in [0.25, 0.3) is 0 Å². The van der Waals surface area contributed by atoms with Crippen molar-refractivity contribution < 1.29 is 4.74 Å². The average molecular weight is 286 g/mol. The molecule has 0 saturated heterocycles. The fourth-order valence-corrected chi connectivity index (χ4v) is 2.09. The van der Waals surface area contributed by atoms with Crippen LogP contribution < -0.4 is 15.4 Å². The first-order chi connectivity index (χ1) is 10.3. The number of aromatic nitrogens is 2. The first-order valence-electron chi connectivity index (χ1n) is 7.27. The van der Waals surface area contributed by atoms with Crippen molar-refractivity contribution in [2.24, 2.45) is 5.73 Å². The molecule has 0 atom stereocenters. The Kier molecular flexibility index (Phi) is 5.97. The molecule has 0 spiro atoms. The third-order valence-corrected chi connectivity index (χ3v) is 3.09. The predicted molar refractivity (Wildman–Crippen MR) is 84.4 cm³/mol. The monoisotopic (exact) mass is 286 g/mol. The minimum absolute atomic E-state index is 0.595. The molecule has 0 unspecified atom stereocenters. The van der Waals surface area contributed by atoms with E-state index in [0.29, 0.717) is 19.0 Å². The average Bonchev–Trinajstić information content (AvgIpc) is 2.53. The van der Waals surface area contributed by atoms with Crippen LogP contribution in [0.2, 0.25) is 0 Å². The van der Waals surface area contributed by atoms with E-state index < -0.39 is 0 Å². The lowest BCUT2D eigenvalue weighted by molar-refractivity contribution is 0.326. The van der Waals surface area contributed by atoms with Crippen LogP contribution in [0.3, 0.4) is 0 Å². The molecule has 0 aliphatic rings. The highest BCUT2D eigenvalue weighted by molar-refractivity contribution is 5.41. The number of benzene rings is 1. The van der Waals surface area contributed by atoms with E-state index in [-0.39, 0.29) is 0 Å². The second-order valence-electron chi connectivity index (χ2n) is 4.70. The van der Waals surface area contributed by atoms with E-state index in [0.717, 1.165) is 25.3 Å². The molecule has 1 heterocycles. The zero-order chi connectivity index (χ0) is 14.9. The second-order valence-corrected chi connectivity index (χ2v) is 4.70. The van der Waals surface area contributed by atoms with Crippen LogP contribution in [-0.2, 0) is 6.54 Å².